The Labute approximate surface area is 168 Å². The Bertz CT molecular complexity index is 955. The molecule has 0 bridgehead atoms. The highest BCUT2D eigenvalue weighted by molar-refractivity contribution is 6.26. The first-order valence-electron chi connectivity index (χ1n) is 9.80. The SMILES string of the molecule is O=C(O)CCc1ccc(N2C(=O)CN(c3ccc4c(c3)CCNCC4)C2=O)cc1. The van der Waals surface area contributed by atoms with E-state index in [4.69, 9.17) is 5.11 Å². The van der Waals surface area contributed by atoms with E-state index in [0.29, 0.717) is 12.1 Å². The number of nitrogens with one attached hydrogen (secondary N) is 1. The van der Waals surface area contributed by atoms with Gasteiger partial charge in [0.2, 0.25) is 0 Å². The second-order valence-corrected chi connectivity index (χ2v) is 7.36. The number of aliphatic carboxylic acids is 1. The lowest BCUT2D eigenvalue weighted by atomic mass is 10.0. The van der Waals surface area contributed by atoms with Crippen molar-refractivity contribution in [1.82, 2.24) is 5.32 Å². The summed E-state index contributed by atoms with van der Waals surface area (Å²) < 4.78 is 0. The van der Waals surface area contributed by atoms with Crippen LogP contribution in [0.15, 0.2) is 42.5 Å². The Balaban J connectivity index is 1.53. The van der Waals surface area contributed by atoms with Crippen LogP contribution in [0.1, 0.15) is 23.1 Å². The number of amides is 3. The summed E-state index contributed by atoms with van der Waals surface area (Å²) in [7, 11) is 0. The first-order valence-corrected chi connectivity index (χ1v) is 9.80. The van der Waals surface area contributed by atoms with Crippen molar-refractivity contribution < 1.29 is 19.5 Å². The molecule has 2 aliphatic rings. The summed E-state index contributed by atoms with van der Waals surface area (Å²) in [5.41, 5.74) is 4.59. The van der Waals surface area contributed by atoms with Gasteiger partial charge >= 0.3 is 12.0 Å². The quantitative estimate of drug-likeness (QED) is 0.761. The zero-order valence-corrected chi connectivity index (χ0v) is 16.1. The molecule has 7 nitrogen and oxygen atoms in total. The lowest BCUT2D eigenvalue weighted by molar-refractivity contribution is -0.137. The van der Waals surface area contributed by atoms with Gasteiger partial charge in [-0.1, -0.05) is 18.2 Å². The average Bonchev–Trinajstić information content (AvgIpc) is 2.88. The molecule has 0 spiro atoms. The maximum atomic E-state index is 13.0. The van der Waals surface area contributed by atoms with Crippen molar-refractivity contribution in [1.29, 1.82) is 0 Å². The highest BCUT2D eigenvalue weighted by atomic mass is 16.4. The molecular formula is C22H23N3O4. The van der Waals surface area contributed by atoms with Gasteiger partial charge in [0.1, 0.15) is 6.54 Å². The van der Waals surface area contributed by atoms with Crippen LogP contribution in [0, 0.1) is 0 Å². The number of hydrogen-bond acceptors (Lipinski definition) is 4. The molecule has 0 atom stereocenters. The number of aryl methyl sites for hydroxylation is 1. The Kier molecular flexibility index (Phi) is 5.31. The molecule has 2 aromatic rings. The smallest absolute Gasteiger partial charge is 0.336 e. The number of urea groups is 1. The van der Waals surface area contributed by atoms with Crippen LogP contribution < -0.4 is 15.1 Å². The number of carboxylic acid groups (broad SMARTS) is 1. The highest BCUT2D eigenvalue weighted by Crippen LogP contribution is 2.28. The highest BCUT2D eigenvalue weighted by Gasteiger charge is 2.38. The second-order valence-electron chi connectivity index (χ2n) is 7.36. The predicted molar refractivity (Wildman–Crippen MR) is 109 cm³/mol. The van der Waals surface area contributed by atoms with E-state index in [0.717, 1.165) is 37.2 Å². The molecule has 0 aromatic heterocycles. The molecule has 29 heavy (non-hydrogen) atoms. The van der Waals surface area contributed by atoms with Gasteiger partial charge in [0, 0.05) is 12.1 Å². The summed E-state index contributed by atoms with van der Waals surface area (Å²) in [6, 6.07) is 12.5. The first kappa shape index (κ1) is 19.1. The van der Waals surface area contributed by atoms with Gasteiger partial charge < -0.3 is 10.4 Å². The Morgan fingerprint density at radius 3 is 2.38 bits per heavy atom. The standard InChI is InChI=1S/C22H23N3O4/c26-20-14-24(19-7-4-16-9-11-23-12-10-17(16)13-19)22(29)25(20)18-5-1-15(2-6-18)3-8-21(27)28/h1-2,4-7,13,23H,3,8-12,14H2,(H,27,28). The lowest BCUT2D eigenvalue weighted by Gasteiger charge is -2.19. The van der Waals surface area contributed by atoms with Crippen LogP contribution in [0.3, 0.4) is 0 Å². The predicted octanol–water partition coefficient (Wildman–Crippen LogP) is 2.37. The van der Waals surface area contributed by atoms with Crippen LogP contribution >= 0.6 is 0 Å². The number of rotatable bonds is 5. The van der Waals surface area contributed by atoms with E-state index in [1.54, 1.807) is 24.3 Å². The van der Waals surface area contributed by atoms with Gasteiger partial charge in [-0.15, -0.1) is 0 Å². The van der Waals surface area contributed by atoms with Crippen molar-refractivity contribution in [3.63, 3.8) is 0 Å². The van der Waals surface area contributed by atoms with Crippen molar-refractivity contribution in [3.8, 4) is 0 Å². The molecule has 0 saturated carbocycles. The number of hydrogen-bond donors (Lipinski definition) is 2. The molecule has 4 rings (SSSR count). The molecule has 2 aromatic carbocycles. The minimum absolute atomic E-state index is 0.0106. The van der Waals surface area contributed by atoms with Crippen LogP contribution in [0.2, 0.25) is 0 Å². The molecule has 2 heterocycles. The number of benzene rings is 2. The average molecular weight is 393 g/mol. The fraction of sp³-hybridized carbons (Fsp3) is 0.318. The summed E-state index contributed by atoms with van der Waals surface area (Å²) in [6.45, 7) is 1.87. The second kappa shape index (κ2) is 8.05. The van der Waals surface area contributed by atoms with Crippen molar-refractivity contribution in [2.24, 2.45) is 0 Å². The number of imide groups is 1. The topological polar surface area (TPSA) is 89.9 Å². The Hall–Kier alpha value is -3.19. The minimum atomic E-state index is -0.855. The number of carbonyl (C=O) groups is 3. The fourth-order valence-electron chi connectivity index (χ4n) is 3.85. The maximum Gasteiger partial charge on any atom is 0.336 e. The van der Waals surface area contributed by atoms with Crippen LogP contribution in [0.4, 0.5) is 16.2 Å². The van der Waals surface area contributed by atoms with Crippen LogP contribution in [-0.2, 0) is 28.9 Å². The monoisotopic (exact) mass is 393 g/mol. The van der Waals surface area contributed by atoms with Gasteiger partial charge in [-0.2, -0.15) is 0 Å². The fourth-order valence-corrected chi connectivity index (χ4v) is 3.85. The largest absolute Gasteiger partial charge is 0.481 e. The van der Waals surface area contributed by atoms with Crippen molar-refractivity contribution in [3.05, 3.63) is 59.2 Å². The van der Waals surface area contributed by atoms with Gasteiger partial charge in [0.15, 0.2) is 0 Å². The zero-order chi connectivity index (χ0) is 20.4. The van der Waals surface area contributed by atoms with Crippen LogP contribution in [0.5, 0.6) is 0 Å². The van der Waals surface area contributed by atoms with Crippen molar-refractivity contribution >= 4 is 29.3 Å². The summed E-state index contributed by atoms with van der Waals surface area (Å²) in [5.74, 6) is -1.13. The lowest BCUT2D eigenvalue weighted by Crippen LogP contribution is -2.33. The summed E-state index contributed by atoms with van der Waals surface area (Å²) in [4.78, 5) is 39.0. The number of anilines is 2. The molecule has 0 radical (unpaired) electrons. The summed E-state index contributed by atoms with van der Waals surface area (Å²) in [5, 5.41) is 12.2. The molecule has 2 aliphatic heterocycles. The maximum absolute atomic E-state index is 13.0. The molecule has 150 valence electrons. The Morgan fingerprint density at radius 1 is 0.966 bits per heavy atom. The minimum Gasteiger partial charge on any atom is -0.481 e. The molecular weight excluding hydrogens is 370 g/mol. The molecule has 2 N–H and O–H groups in total. The van der Waals surface area contributed by atoms with Crippen LogP contribution in [-0.4, -0.2) is 42.6 Å². The first-order chi connectivity index (χ1) is 14.0. The number of carboxylic acids is 1. The summed E-state index contributed by atoms with van der Waals surface area (Å²) >= 11 is 0. The molecule has 3 amide bonds. The van der Waals surface area contributed by atoms with Crippen molar-refractivity contribution in [2.45, 2.75) is 25.7 Å². The van der Waals surface area contributed by atoms with E-state index >= 15 is 0 Å². The third-order valence-corrected chi connectivity index (χ3v) is 5.43. The van der Waals surface area contributed by atoms with E-state index in [1.807, 2.05) is 12.1 Å². The van der Waals surface area contributed by atoms with E-state index in [-0.39, 0.29) is 24.9 Å². The van der Waals surface area contributed by atoms with Crippen molar-refractivity contribution in [2.75, 3.05) is 29.4 Å². The van der Waals surface area contributed by atoms with Gasteiger partial charge in [-0.25, -0.2) is 9.69 Å². The third kappa shape index (κ3) is 4.00. The van der Waals surface area contributed by atoms with Crippen LogP contribution in [0.25, 0.3) is 0 Å². The van der Waals surface area contributed by atoms with Gasteiger partial charge in [-0.3, -0.25) is 14.5 Å². The van der Waals surface area contributed by atoms with E-state index < -0.39 is 5.97 Å². The number of nitrogens with zero attached hydrogens (tertiary/aromatic N) is 2. The molecule has 0 aliphatic carbocycles. The third-order valence-electron chi connectivity index (χ3n) is 5.43. The number of carbonyl (C=O) groups excluding carboxylic acids is 2. The molecule has 1 saturated heterocycles. The van der Waals surface area contributed by atoms with E-state index in [2.05, 4.69) is 11.4 Å². The zero-order valence-electron chi connectivity index (χ0n) is 16.1. The molecule has 1 fully saturated rings. The van der Waals surface area contributed by atoms with E-state index in [9.17, 15) is 14.4 Å². The Morgan fingerprint density at radius 2 is 1.66 bits per heavy atom. The summed E-state index contributed by atoms with van der Waals surface area (Å²) in [6.07, 6.45) is 2.32. The van der Waals surface area contributed by atoms with Gasteiger partial charge in [0.25, 0.3) is 5.91 Å². The normalized spacial score (nSPS) is 16.7. The van der Waals surface area contributed by atoms with Gasteiger partial charge in [-0.05, 0) is 73.3 Å². The van der Waals surface area contributed by atoms with E-state index in [1.165, 1.54) is 20.9 Å². The molecule has 7 heteroatoms. The van der Waals surface area contributed by atoms with Gasteiger partial charge in [0.05, 0.1) is 5.69 Å². The molecule has 0 unspecified atom stereocenters. The number of fused-ring (bicyclic) bond motifs is 1.